The van der Waals surface area contributed by atoms with Crippen molar-refractivity contribution >= 4 is 0 Å². The number of hydrogen-bond donors (Lipinski definition) is 1. The summed E-state index contributed by atoms with van der Waals surface area (Å²) >= 11 is 0. The minimum absolute atomic E-state index is 0.311. The second-order valence-electron chi connectivity index (χ2n) is 3.24. The summed E-state index contributed by atoms with van der Waals surface area (Å²) in [5.74, 6) is 0. The minimum atomic E-state index is 0.311. The Bertz CT molecular complexity index is 117. The third-order valence-electron chi connectivity index (χ3n) is 2.38. The molecule has 0 amide bonds. The van der Waals surface area contributed by atoms with Gasteiger partial charge in [-0.15, -0.1) is 0 Å². The van der Waals surface area contributed by atoms with E-state index < -0.39 is 0 Å². The van der Waals surface area contributed by atoms with Crippen molar-refractivity contribution in [3.8, 4) is 0 Å². The van der Waals surface area contributed by atoms with Crippen LogP contribution in [0.4, 0.5) is 0 Å². The molecule has 0 aromatic rings. The zero-order valence-electron chi connectivity index (χ0n) is 6.71. The molecule has 0 aromatic carbocycles. The maximum absolute atomic E-state index is 5.53. The fourth-order valence-electron chi connectivity index (χ4n) is 1.76. The summed E-state index contributed by atoms with van der Waals surface area (Å²) in [7, 11) is 0. The number of hydroxylamine groups is 1. The van der Waals surface area contributed by atoms with Crippen molar-refractivity contribution in [2.75, 3.05) is 13.2 Å². The van der Waals surface area contributed by atoms with Gasteiger partial charge in [0.25, 0.3) is 0 Å². The quantitative estimate of drug-likeness (QED) is 0.612. The summed E-state index contributed by atoms with van der Waals surface area (Å²) in [4.78, 5) is 5.39. The molecule has 0 bridgehead atoms. The monoisotopic (exact) mass is 157 g/mol. The molecule has 3 nitrogen and oxygen atoms in total. The van der Waals surface area contributed by atoms with Gasteiger partial charge in [0.1, 0.15) is 6.10 Å². The molecule has 3 heteroatoms. The molecule has 2 aliphatic heterocycles. The molecule has 2 fully saturated rings. The summed E-state index contributed by atoms with van der Waals surface area (Å²) in [5, 5.41) is 0. The SMILES string of the molecule is C1COC(C2CCCNO2)C1. The molecule has 2 unspecified atom stereocenters. The maximum atomic E-state index is 5.53. The van der Waals surface area contributed by atoms with E-state index in [0.29, 0.717) is 12.2 Å². The van der Waals surface area contributed by atoms with Crippen molar-refractivity contribution < 1.29 is 9.57 Å². The van der Waals surface area contributed by atoms with Gasteiger partial charge in [0.15, 0.2) is 0 Å². The van der Waals surface area contributed by atoms with Gasteiger partial charge in [-0.2, -0.15) is 0 Å². The largest absolute Gasteiger partial charge is 0.375 e. The van der Waals surface area contributed by atoms with Crippen molar-refractivity contribution in [2.45, 2.75) is 37.9 Å². The Balaban J connectivity index is 1.82. The van der Waals surface area contributed by atoms with E-state index in [1.807, 2.05) is 0 Å². The van der Waals surface area contributed by atoms with Crippen LogP contribution in [0.2, 0.25) is 0 Å². The Morgan fingerprint density at radius 1 is 1.09 bits per heavy atom. The molecule has 0 radical (unpaired) electrons. The lowest BCUT2D eigenvalue weighted by atomic mass is 10.1. The molecule has 11 heavy (non-hydrogen) atoms. The summed E-state index contributed by atoms with van der Waals surface area (Å²) in [6, 6.07) is 0. The molecule has 2 aliphatic rings. The first-order valence-electron chi connectivity index (χ1n) is 4.47. The highest BCUT2D eigenvalue weighted by atomic mass is 16.7. The van der Waals surface area contributed by atoms with Crippen molar-refractivity contribution in [3.05, 3.63) is 0 Å². The molecule has 64 valence electrons. The fraction of sp³-hybridized carbons (Fsp3) is 1.00. The molecule has 1 N–H and O–H groups in total. The molecule has 2 saturated heterocycles. The Labute approximate surface area is 67.0 Å². The predicted octanol–water partition coefficient (Wildman–Crippen LogP) is 0.849. The van der Waals surface area contributed by atoms with E-state index in [4.69, 9.17) is 9.57 Å². The maximum Gasteiger partial charge on any atom is 0.105 e. The van der Waals surface area contributed by atoms with E-state index in [1.54, 1.807) is 0 Å². The van der Waals surface area contributed by atoms with Crippen LogP contribution >= 0.6 is 0 Å². The van der Waals surface area contributed by atoms with Crippen LogP contribution < -0.4 is 5.48 Å². The summed E-state index contributed by atoms with van der Waals surface area (Å²) in [5.41, 5.74) is 2.93. The van der Waals surface area contributed by atoms with Gasteiger partial charge in [-0.1, -0.05) is 0 Å². The predicted molar refractivity (Wildman–Crippen MR) is 41.1 cm³/mol. The molecule has 2 heterocycles. The van der Waals surface area contributed by atoms with Gasteiger partial charge in [-0.05, 0) is 25.7 Å². The van der Waals surface area contributed by atoms with E-state index in [2.05, 4.69) is 5.48 Å². The Morgan fingerprint density at radius 2 is 2.00 bits per heavy atom. The average molecular weight is 157 g/mol. The van der Waals surface area contributed by atoms with E-state index in [-0.39, 0.29) is 0 Å². The summed E-state index contributed by atoms with van der Waals surface area (Å²) in [6.07, 6.45) is 5.41. The van der Waals surface area contributed by atoms with Gasteiger partial charge in [-0.3, -0.25) is 4.84 Å². The van der Waals surface area contributed by atoms with Crippen LogP contribution in [0.25, 0.3) is 0 Å². The fourth-order valence-corrected chi connectivity index (χ4v) is 1.76. The third kappa shape index (κ3) is 1.72. The smallest absolute Gasteiger partial charge is 0.105 e. The second-order valence-corrected chi connectivity index (χ2v) is 3.24. The average Bonchev–Trinajstić information content (AvgIpc) is 2.58. The lowest BCUT2D eigenvalue weighted by molar-refractivity contribution is -0.115. The van der Waals surface area contributed by atoms with E-state index >= 15 is 0 Å². The number of rotatable bonds is 1. The number of ether oxygens (including phenoxy) is 1. The van der Waals surface area contributed by atoms with Gasteiger partial charge in [-0.25, -0.2) is 5.48 Å². The van der Waals surface area contributed by atoms with Crippen molar-refractivity contribution in [2.24, 2.45) is 0 Å². The molecule has 0 saturated carbocycles. The van der Waals surface area contributed by atoms with Gasteiger partial charge < -0.3 is 4.74 Å². The van der Waals surface area contributed by atoms with Crippen LogP contribution in [0.15, 0.2) is 0 Å². The number of hydrogen-bond acceptors (Lipinski definition) is 3. The van der Waals surface area contributed by atoms with Crippen LogP contribution in [0.5, 0.6) is 0 Å². The standard InChI is InChI=1S/C8H15NO2/c1-3-8(11-9-5-1)7-4-2-6-10-7/h7-9H,1-6H2. The Kier molecular flexibility index (Phi) is 2.41. The van der Waals surface area contributed by atoms with Crippen LogP contribution in [0.3, 0.4) is 0 Å². The van der Waals surface area contributed by atoms with Crippen LogP contribution in [-0.2, 0) is 9.57 Å². The molecule has 2 rings (SSSR count). The molecule has 2 atom stereocenters. The lowest BCUT2D eigenvalue weighted by Crippen LogP contribution is -2.38. The lowest BCUT2D eigenvalue weighted by Gasteiger charge is -2.26. The van der Waals surface area contributed by atoms with Crippen LogP contribution in [0, 0.1) is 0 Å². The topological polar surface area (TPSA) is 30.5 Å². The normalized spacial score (nSPS) is 39.3. The molecule has 0 aliphatic carbocycles. The van der Waals surface area contributed by atoms with E-state index in [9.17, 15) is 0 Å². The first-order valence-corrected chi connectivity index (χ1v) is 4.47. The highest BCUT2D eigenvalue weighted by Crippen LogP contribution is 2.21. The summed E-state index contributed by atoms with van der Waals surface area (Å²) < 4.78 is 5.53. The zero-order chi connectivity index (χ0) is 7.52. The minimum Gasteiger partial charge on any atom is -0.375 e. The molecule has 0 aromatic heterocycles. The highest BCUT2D eigenvalue weighted by molar-refractivity contribution is 4.76. The van der Waals surface area contributed by atoms with Crippen molar-refractivity contribution in [1.82, 2.24) is 5.48 Å². The first-order chi connectivity index (χ1) is 5.47. The van der Waals surface area contributed by atoms with E-state index in [1.165, 1.54) is 19.3 Å². The Morgan fingerprint density at radius 3 is 2.64 bits per heavy atom. The molecular weight excluding hydrogens is 142 g/mol. The van der Waals surface area contributed by atoms with Crippen LogP contribution in [0.1, 0.15) is 25.7 Å². The van der Waals surface area contributed by atoms with Crippen molar-refractivity contribution in [1.29, 1.82) is 0 Å². The second kappa shape index (κ2) is 3.52. The van der Waals surface area contributed by atoms with Crippen molar-refractivity contribution in [3.63, 3.8) is 0 Å². The van der Waals surface area contributed by atoms with Gasteiger partial charge in [0.05, 0.1) is 6.10 Å². The Hall–Kier alpha value is -0.120. The zero-order valence-corrected chi connectivity index (χ0v) is 6.71. The van der Waals surface area contributed by atoms with Crippen LogP contribution in [-0.4, -0.2) is 25.4 Å². The van der Waals surface area contributed by atoms with E-state index in [0.717, 1.165) is 19.6 Å². The first kappa shape index (κ1) is 7.53. The number of nitrogens with one attached hydrogen (secondary N) is 1. The van der Waals surface area contributed by atoms with Gasteiger partial charge >= 0.3 is 0 Å². The highest BCUT2D eigenvalue weighted by Gasteiger charge is 2.28. The summed E-state index contributed by atoms with van der Waals surface area (Å²) in [6.45, 7) is 1.91. The molecule has 0 spiro atoms. The van der Waals surface area contributed by atoms with Gasteiger partial charge in [0, 0.05) is 13.2 Å². The molecular formula is C8H15NO2. The third-order valence-corrected chi connectivity index (χ3v) is 2.38. The van der Waals surface area contributed by atoms with Gasteiger partial charge in [0.2, 0.25) is 0 Å².